The van der Waals surface area contributed by atoms with Gasteiger partial charge in [-0.05, 0) is 17.7 Å². The first-order valence-electron chi connectivity index (χ1n) is 7.23. The molecule has 0 radical (unpaired) electrons. The third-order valence-electron chi connectivity index (χ3n) is 3.84. The Morgan fingerprint density at radius 1 is 1.26 bits per heavy atom. The van der Waals surface area contributed by atoms with Crippen molar-refractivity contribution in [1.82, 2.24) is 20.5 Å². The molecule has 0 saturated carbocycles. The van der Waals surface area contributed by atoms with Crippen molar-refractivity contribution in [3.63, 3.8) is 0 Å². The number of nitrogens with one attached hydrogen (secondary N) is 2. The van der Waals surface area contributed by atoms with E-state index >= 15 is 0 Å². The molecule has 0 spiro atoms. The Morgan fingerprint density at radius 2 is 1.95 bits per heavy atom. The predicted octanol–water partition coefficient (Wildman–Crippen LogP) is 0.854. The third-order valence-corrected chi connectivity index (χ3v) is 3.84. The molecule has 19 heavy (non-hydrogen) atoms. The topological polar surface area (TPSA) is 40.2 Å². The van der Waals surface area contributed by atoms with E-state index in [9.17, 15) is 0 Å². The lowest BCUT2D eigenvalue weighted by atomic mass is 9.85. The van der Waals surface area contributed by atoms with E-state index in [0.29, 0.717) is 0 Å². The highest BCUT2D eigenvalue weighted by Gasteiger charge is 2.19. The minimum atomic E-state index is 0.159. The number of nitrogens with zero attached hydrogens (tertiary/aromatic N) is 2. The van der Waals surface area contributed by atoms with Gasteiger partial charge in [0.1, 0.15) is 0 Å². The molecule has 1 saturated heterocycles. The minimum absolute atomic E-state index is 0.159. The number of hydrogen-bond donors (Lipinski definition) is 2. The predicted molar refractivity (Wildman–Crippen MR) is 79.4 cm³/mol. The van der Waals surface area contributed by atoms with E-state index in [1.54, 1.807) is 0 Å². The molecule has 106 valence electrons. The van der Waals surface area contributed by atoms with Crippen molar-refractivity contribution in [2.75, 3.05) is 45.8 Å². The summed E-state index contributed by atoms with van der Waals surface area (Å²) in [6, 6.07) is 4.22. The van der Waals surface area contributed by atoms with E-state index in [-0.39, 0.29) is 5.41 Å². The van der Waals surface area contributed by atoms with E-state index in [2.05, 4.69) is 46.5 Å². The highest BCUT2D eigenvalue weighted by Crippen LogP contribution is 2.20. The van der Waals surface area contributed by atoms with Crippen LogP contribution in [-0.2, 0) is 5.41 Å². The molecule has 0 amide bonds. The maximum Gasteiger partial charge on any atom is 0.0270 e. The summed E-state index contributed by atoms with van der Waals surface area (Å²) in [6.07, 6.45) is 3.75. The minimum Gasteiger partial charge on any atom is -0.315 e. The lowest BCUT2D eigenvalue weighted by Gasteiger charge is -2.29. The summed E-state index contributed by atoms with van der Waals surface area (Å²) < 4.78 is 0. The van der Waals surface area contributed by atoms with Gasteiger partial charge < -0.3 is 10.6 Å². The molecule has 2 heterocycles. The molecule has 1 fully saturated rings. The molecule has 2 N–H and O–H groups in total. The fraction of sp³-hybridized carbons (Fsp3) is 0.667. The van der Waals surface area contributed by atoms with Crippen molar-refractivity contribution in [2.24, 2.45) is 0 Å². The van der Waals surface area contributed by atoms with Crippen LogP contribution in [-0.4, -0.2) is 55.7 Å². The van der Waals surface area contributed by atoms with E-state index in [1.807, 2.05) is 12.4 Å². The first-order chi connectivity index (χ1) is 9.18. The van der Waals surface area contributed by atoms with Gasteiger partial charge in [0.15, 0.2) is 0 Å². The average molecular weight is 262 g/mol. The molecule has 4 nitrogen and oxygen atoms in total. The molecule has 0 aliphatic carbocycles. The van der Waals surface area contributed by atoms with Crippen LogP contribution in [0.2, 0.25) is 0 Å². The van der Waals surface area contributed by atoms with Gasteiger partial charge >= 0.3 is 0 Å². The normalized spacial score (nSPS) is 17.6. The molecular weight excluding hydrogens is 236 g/mol. The molecule has 0 unspecified atom stereocenters. The largest absolute Gasteiger partial charge is 0.315 e. The van der Waals surface area contributed by atoms with Crippen LogP contribution in [0.3, 0.4) is 0 Å². The number of pyridine rings is 1. The SMILES string of the molecule is CC(C)(CNCCN1CCNCC1)c1ccncc1. The van der Waals surface area contributed by atoms with Crippen LogP contribution in [0.25, 0.3) is 0 Å². The molecule has 0 bridgehead atoms. The second-order valence-corrected chi connectivity index (χ2v) is 5.89. The van der Waals surface area contributed by atoms with Crippen molar-refractivity contribution in [3.05, 3.63) is 30.1 Å². The lowest BCUT2D eigenvalue weighted by Crippen LogP contribution is -2.46. The molecule has 4 heteroatoms. The Bertz CT molecular complexity index is 358. The Hall–Kier alpha value is -0.970. The monoisotopic (exact) mass is 262 g/mol. The third kappa shape index (κ3) is 4.56. The summed E-state index contributed by atoms with van der Waals surface area (Å²) in [5.74, 6) is 0. The molecule has 2 rings (SSSR count). The van der Waals surface area contributed by atoms with E-state index < -0.39 is 0 Å². The van der Waals surface area contributed by atoms with Gasteiger partial charge in [-0.25, -0.2) is 0 Å². The zero-order valence-corrected chi connectivity index (χ0v) is 12.2. The Morgan fingerprint density at radius 3 is 2.63 bits per heavy atom. The number of hydrogen-bond acceptors (Lipinski definition) is 4. The maximum absolute atomic E-state index is 4.08. The van der Waals surface area contributed by atoms with E-state index in [0.717, 1.165) is 32.7 Å². The van der Waals surface area contributed by atoms with Crippen LogP contribution >= 0.6 is 0 Å². The zero-order valence-electron chi connectivity index (χ0n) is 12.2. The standard InChI is InChI=1S/C15H26N4/c1-15(2,14-3-5-16-6-4-14)13-18-9-12-19-10-7-17-8-11-19/h3-6,17-18H,7-13H2,1-2H3. The van der Waals surface area contributed by atoms with E-state index in [4.69, 9.17) is 0 Å². The van der Waals surface area contributed by atoms with Crippen molar-refractivity contribution < 1.29 is 0 Å². The summed E-state index contributed by atoms with van der Waals surface area (Å²) in [5, 5.41) is 6.97. The highest BCUT2D eigenvalue weighted by molar-refractivity contribution is 5.20. The van der Waals surface area contributed by atoms with Crippen LogP contribution < -0.4 is 10.6 Å². The molecule has 1 aromatic heterocycles. The molecular formula is C15H26N4. The van der Waals surface area contributed by atoms with Crippen LogP contribution in [0, 0.1) is 0 Å². The quantitative estimate of drug-likeness (QED) is 0.746. The highest BCUT2D eigenvalue weighted by atomic mass is 15.2. The molecule has 0 atom stereocenters. The first kappa shape index (κ1) is 14.4. The van der Waals surface area contributed by atoms with Crippen LogP contribution in [0.15, 0.2) is 24.5 Å². The molecule has 1 aliphatic rings. The molecule has 1 aromatic rings. The molecule has 0 aromatic carbocycles. The smallest absolute Gasteiger partial charge is 0.0270 e. The maximum atomic E-state index is 4.08. The van der Waals surface area contributed by atoms with Gasteiger partial charge in [0.25, 0.3) is 0 Å². The van der Waals surface area contributed by atoms with Gasteiger partial charge in [-0.15, -0.1) is 0 Å². The summed E-state index contributed by atoms with van der Waals surface area (Å²) in [7, 11) is 0. The first-order valence-corrected chi connectivity index (χ1v) is 7.23. The Labute approximate surface area is 116 Å². The van der Waals surface area contributed by atoms with Gasteiger partial charge in [0.2, 0.25) is 0 Å². The van der Waals surface area contributed by atoms with E-state index in [1.165, 1.54) is 18.7 Å². The van der Waals surface area contributed by atoms with Gasteiger partial charge in [0, 0.05) is 63.6 Å². The summed E-state index contributed by atoms with van der Waals surface area (Å²) in [4.78, 5) is 6.60. The Balaban J connectivity index is 1.69. The second-order valence-electron chi connectivity index (χ2n) is 5.89. The van der Waals surface area contributed by atoms with Crippen LogP contribution in [0.4, 0.5) is 0 Å². The zero-order chi connectivity index (χ0) is 13.6. The van der Waals surface area contributed by atoms with Gasteiger partial charge in [0.05, 0.1) is 0 Å². The van der Waals surface area contributed by atoms with Crippen molar-refractivity contribution in [2.45, 2.75) is 19.3 Å². The van der Waals surface area contributed by atoms with Gasteiger partial charge in [-0.2, -0.15) is 0 Å². The van der Waals surface area contributed by atoms with Crippen LogP contribution in [0.5, 0.6) is 0 Å². The summed E-state index contributed by atoms with van der Waals surface area (Å²) in [5.41, 5.74) is 1.50. The second kappa shape index (κ2) is 6.98. The van der Waals surface area contributed by atoms with Crippen molar-refractivity contribution in [1.29, 1.82) is 0 Å². The summed E-state index contributed by atoms with van der Waals surface area (Å²) >= 11 is 0. The van der Waals surface area contributed by atoms with Gasteiger partial charge in [-0.3, -0.25) is 9.88 Å². The molecule has 1 aliphatic heterocycles. The number of aromatic nitrogens is 1. The van der Waals surface area contributed by atoms with Crippen LogP contribution in [0.1, 0.15) is 19.4 Å². The fourth-order valence-corrected chi connectivity index (χ4v) is 2.48. The fourth-order valence-electron chi connectivity index (χ4n) is 2.48. The van der Waals surface area contributed by atoms with Gasteiger partial charge in [-0.1, -0.05) is 13.8 Å². The Kier molecular flexibility index (Phi) is 5.31. The number of rotatable bonds is 6. The van der Waals surface area contributed by atoms with Crippen molar-refractivity contribution in [3.8, 4) is 0 Å². The average Bonchev–Trinajstić information content (AvgIpc) is 2.46. The van der Waals surface area contributed by atoms with Crippen molar-refractivity contribution >= 4 is 0 Å². The lowest BCUT2D eigenvalue weighted by molar-refractivity contribution is 0.239. The number of piperazine rings is 1. The summed E-state index contributed by atoms with van der Waals surface area (Å²) in [6.45, 7) is 12.4.